The molecule has 4 nitrogen and oxygen atoms in total. The highest BCUT2D eigenvalue weighted by molar-refractivity contribution is 6.49. The minimum atomic E-state index is -0.711. The second-order valence-electron chi connectivity index (χ2n) is 8.70. The standard InChI is InChI=1S/C22H26O4/c1-21(2,3)15-7-13(9-17(23)11-15)19(25)20(26)14-8-16(22(4,5)6)12-18(24)10-14/h7-12,23-24H,1-6H3. The summed E-state index contributed by atoms with van der Waals surface area (Å²) in [7, 11) is 0. The van der Waals surface area contributed by atoms with Gasteiger partial charge >= 0.3 is 0 Å². The summed E-state index contributed by atoms with van der Waals surface area (Å²) in [5.41, 5.74) is 1.25. The van der Waals surface area contributed by atoms with Crippen molar-refractivity contribution in [1.29, 1.82) is 0 Å². The number of Topliss-reactive ketones (excluding diaryl/α,β-unsaturated/α-hetero) is 2. The van der Waals surface area contributed by atoms with Gasteiger partial charge in [0.25, 0.3) is 0 Å². The van der Waals surface area contributed by atoms with E-state index in [4.69, 9.17) is 0 Å². The third-order valence-corrected chi connectivity index (χ3v) is 4.30. The molecule has 0 saturated carbocycles. The number of phenolic OH excluding ortho intramolecular Hbond substituents is 2. The van der Waals surface area contributed by atoms with E-state index in [1.165, 1.54) is 12.1 Å². The number of phenols is 2. The first-order valence-electron chi connectivity index (χ1n) is 8.57. The van der Waals surface area contributed by atoms with Crippen molar-refractivity contribution < 1.29 is 19.8 Å². The monoisotopic (exact) mass is 354 g/mol. The van der Waals surface area contributed by atoms with Gasteiger partial charge in [-0.15, -0.1) is 0 Å². The van der Waals surface area contributed by atoms with Crippen molar-refractivity contribution in [1.82, 2.24) is 0 Å². The maximum atomic E-state index is 12.7. The zero-order valence-electron chi connectivity index (χ0n) is 16.2. The van der Waals surface area contributed by atoms with Crippen LogP contribution in [0.5, 0.6) is 11.5 Å². The number of hydrogen-bond donors (Lipinski definition) is 2. The van der Waals surface area contributed by atoms with E-state index in [-0.39, 0.29) is 33.5 Å². The Hall–Kier alpha value is -2.62. The average molecular weight is 354 g/mol. The van der Waals surface area contributed by atoms with Crippen molar-refractivity contribution >= 4 is 11.6 Å². The van der Waals surface area contributed by atoms with E-state index in [0.717, 1.165) is 11.1 Å². The molecular weight excluding hydrogens is 328 g/mol. The Morgan fingerprint density at radius 2 is 0.923 bits per heavy atom. The van der Waals surface area contributed by atoms with E-state index in [2.05, 4.69) is 0 Å². The van der Waals surface area contributed by atoms with Crippen LogP contribution in [0.15, 0.2) is 36.4 Å². The highest BCUT2D eigenvalue weighted by Gasteiger charge is 2.24. The van der Waals surface area contributed by atoms with E-state index in [9.17, 15) is 19.8 Å². The second kappa shape index (κ2) is 6.60. The molecule has 2 aromatic rings. The van der Waals surface area contributed by atoms with E-state index < -0.39 is 11.6 Å². The Bertz CT molecular complexity index is 791. The summed E-state index contributed by atoms with van der Waals surface area (Å²) in [6.07, 6.45) is 0. The molecule has 26 heavy (non-hydrogen) atoms. The first-order valence-corrected chi connectivity index (χ1v) is 8.57. The van der Waals surface area contributed by atoms with Crippen LogP contribution in [0, 0.1) is 0 Å². The maximum Gasteiger partial charge on any atom is 0.233 e. The SMILES string of the molecule is CC(C)(C)c1cc(O)cc(C(=O)C(=O)c2cc(O)cc(C(C)(C)C)c2)c1. The summed E-state index contributed by atoms with van der Waals surface area (Å²) in [5.74, 6) is -1.53. The summed E-state index contributed by atoms with van der Waals surface area (Å²) in [6, 6.07) is 9.04. The molecule has 0 unspecified atom stereocenters. The van der Waals surface area contributed by atoms with Gasteiger partial charge in [-0.3, -0.25) is 9.59 Å². The van der Waals surface area contributed by atoms with E-state index in [1.54, 1.807) is 24.3 Å². The first kappa shape index (κ1) is 19.7. The smallest absolute Gasteiger partial charge is 0.233 e. The number of benzene rings is 2. The summed E-state index contributed by atoms with van der Waals surface area (Å²) in [5, 5.41) is 19.9. The van der Waals surface area contributed by atoms with Gasteiger partial charge in [-0.05, 0) is 58.4 Å². The van der Waals surface area contributed by atoms with Crippen LogP contribution in [0.1, 0.15) is 73.4 Å². The predicted octanol–water partition coefficient (Wildman–Crippen LogP) is 4.76. The zero-order chi connectivity index (χ0) is 19.9. The molecule has 2 aromatic carbocycles. The Balaban J connectivity index is 2.47. The molecule has 138 valence electrons. The second-order valence-corrected chi connectivity index (χ2v) is 8.70. The number of aromatic hydroxyl groups is 2. The van der Waals surface area contributed by atoms with Gasteiger partial charge in [-0.2, -0.15) is 0 Å². The number of ketones is 2. The van der Waals surface area contributed by atoms with Gasteiger partial charge in [0.2, 0.25) is 11.6 Å². The number of carbonyl (C=O) groups is 2. The van der Waals surface area contributed by atoms with Crippen LogP contribution in [0.4, 0.5) is 0 Å². The Labute approximate surface area is 154 Å². The third kappa shape index (κ3) is 4.31. The summed E-state index contributed by atoms with van der Waals surface area (Å²) >= 11 is 0. The van der Waals surface area contributed by atoms with Crippen LogP contribution in [-0.2, 0) is 10.8 Å². The predicted molar refractivity (Wildman–Crippen MR) is 102 cm³/mol. The number of hydrogen-bond acceptors (Lipinski definition) is 4. The molecule has 0 saturated heterocycles. The van der Waals surface area contributed by atoms with Crippen LogP contribution in [-0.4, -0.2) is 21.8 Å². The lowest BCUT2D eigenvalue weighted by Crippen LogP contribution is -2.18. The van der Waals surface area contributed by atoms with Gasteiger partial charge in [-0.1, -0.05) is 41.5 Å². The molecule has 0 bridgehead atoms. The lowest BCUT2D eigenvalue weighted by molar-refractivity contribution is 0.0816. The first-order chi connectivity index (χ1) is 11.8. The van der Waals surface area contributed by atoms with Gasteiger partial charge in [0.1, 0.15) is 11.5 Å². The lowest BCUT2D eigenvalue weighted by Gasteiger charge is -2.21. The molecule has 2 N–H and O–H groups in total. The van der Waals surface area contributed by atoms with E-state index in [1.807, 2.05) is 41.5 Å². The molecule has 0 spiro atoms. The van der Waals surface area contributed by atoms with Gasteiger partial charge < -0.3 is 10.2 Å². The Morgan fingerprint density at radius 1 is 0.615 bits per heavy atom. The van der Waals surface area contributed by atoms with Crippen molar-refractivity contribution in [2.75, 3.05) is 0 Å². The molecule has 0 radical (unpaired) electrons. The summed E-state index contributed by atoms with van der Waals surface area (Å²) < 4.78 is 0. The van der Waals surface area contributed by atoms with Crippen LogP contribution in [0.3, 0.4) is 0 Å². The number of carbonyl (C=O) groups excluding carboxylic acids is 2. The quantitative estimate of drug-likeness (QED) is 0.616. The summed E-state index contributed by atoms with van der Waals surface area (Å²) in [4.78, 5) is 25.4. The highest BCUT2D eigenvalue weighted by Crippen LogP contribution is 2.30. The van der Waals surface area contributed by atoms with Crippen molar-refractivity contribution in [3.8, 4) is 11.5 Å². The Morgan fingerprint density at radius 3 is 1.19 bits per heavy atom. The largest absolute Gasteiger partial charge is 0.508 e. The van der Waals surface area contributed by atoms with Crippen molar-refractivity contribution in [3.63, 3.8) is 0 Å². The highest BCUT2D eigenvalue weighted by atomic mass is 16.3. The van der Waals surface area contributed by atoms with Gasteiger partial charge in [0, 0.05) is 11.1 Å². The van der Waals surface area contributed by atoms with Crippen molar-refractivity contribution in [3.05, 3.63) is 58.7 Å². The molecule has 0 aliphatic carbocycles. The third-order valence-electron chi connectivity index (χ3n) is 4.30. The molecule has 4 heteroatoms. The molecule has 0 aliphatic rings. The normalized spacial score (nSPS) is 12.1. The summed E-state index contributed by atoms with van der Waals surface area (Å²) in [6.45, 7) is 11.8. The molecule has 0 aromatic heterocycles. The molecule has 0 amide bonds. The molecule has 2 rings (SSSR count). The van der Waals surface area contributed by atoms with Gasteiger partial charge in [0.15, 0.2) is 0 Å². The van der Waals surface area contributed by atoms with E-state index >= 15 is 0 Å². The fourth-order valence-corrected chi connectivity index (χ4v) is 2.61. The van der Waals surface area contributed by atoms with Crippen LogP contribution < -0.4 is 0 Å². The molecule has 0 heterocycles. The molecule has 0 atom stereocenters. The maximum absolute atomic E-state index is 12.7. The van der Waals surface area contributed by atoms with Gasteiger partial charge in [-0.25, -0.2) is 0 Å². The fourth-order valence-electron chi connectivity index (χ4n) is 2.61. The molecular formula is C22H26O4. The van der Waals surface area contributed by atoms with Crippen molar-refractivity contribution in [2.24, 2.45) is 0 Å². The van der Waals surface area contributed by atoms with Crippen LogP contribution in [0.25, 0.3) is 0 Å². The average Bonchev–Trinajstić information content (AvgIpc) is 2.50. The molecule has 0 aliphatic heterocycles. The van der Waals surface area contributed by atoms with Gasteiger partial charge in [0.05, 0.1) is 0 Å². The minimum Gasteiger partial charge on any atom is -0.508 e. The Kier molecular flexibility index (Phi) is 5.00. The van der Waals surface area contributed by atoms with Crippen molar-refractivity contribution in [2.45, 2.75) is 52.4 Å². The van der Waals surface area contributed by atoms with Crippen LogP contribution >= 0.6 is 0 Å². The number of rotatable bonds is 3. The van der Waals surface area contributed by atoms with Crippen LogP contribution in [0.2, 0.25) is 0 Å². The topological polar surface area (TPSA) is 74.6 Å². The molecule has 0 fully saturated rings. The van der Waals surface area contributed by atoms with E-state index in [0.29, 0.717) is 0 Å². The lowest BCUT2D eigenvalue weighted by atomic mass is 9.84. The minimum absolute atomic E-state index is 0.0557. The fraction of sp³-hybridized carbons (Fsp3) is 0.364. The zero-order valence-corrected chi connectivity index (χ0v) is 16.2.